The van der Waals surface area contributed by atoms with Crippen LogP contribution in [0.3, 0.4) is 0 Å². The first-order valence-corrected chi connectivity index (χ1v) is 2.25. The average molecular weight is 257 g/mol. The standard InChI is InChI=1S/2C3H4O2.Cd/c2*1-2-3(4)5;/h2*2H,1H2,(H,4,5);. The molecular weight excluding hydrogens is 248 g/mol. The Kier molecular flexibility index (Phi) is 18.4. The molecule has 0 aliphatic heterocycles. The summed E-state index contributed by atoms with van der Waals surface area (Å²) in [5, 5.41) is 15.2. The Hall–Kier alpha value is -0.658. The van der Waals surface area contributed by atoms with Gasteiger partial charge in [0.25, 0.3) is 0 Å². The van der Waals surface area contributed by atoms with Crippen molar-refractivity contribution in [3.63, 3.8) is 0 Å². The van der Waals surface area contributed by atoms with Crippen LogP contribution in [0.15, 0.2) is 25.3 Å². The molecule has 0 aromatic carbocycles. The summed E-state index contributed by atoms with van der Waals surface area (Å²) in [6.07, 6.45) is 1.67. The Labute approximate surface area is 84.4 Å². The van der Waals surface area contributed by atoms with E-state index in [1.807, 2.05) is 0 Å². The summed E-state index contributed by atoms with van der Waals surface area (Å²) in [5.41, 5.74) is 0. The minimum Gasteiger partial charge on any atom is -0.478 e. The largest absolute Gasteiger partial charge is 0.478 e. The van der Waals surface area contributed by atoms with Crippen LogP contribution in [0.25, 0.3) is 0 Å². The van der Waals surface area contributed by atoms with Gasteiger partial charge in [0.05, 0.1) is 0 Å². The second-order valence-corrected chi connectivity index (χ2v) is 1.08. The third kappa shape index (κ3) is 45.1. The predicted octanol–water partition coefficient (Wildman–Crippen LogP) is 0.512. The number of hydrogen-bond donors (Lipinski definition) is 2. The van der Waals surface area contributed by atoms with Gasteiger partial charge in [-0.2, -0.15) is 0 Å². The molecule has 0 heterocycles. The predicted molar refractivity (Wildman–Crippen MR) is 35.7 cm³/mol. The van der Waals surface area contributed by atoms with Crippen LogP contribution in [0.1, 0.15) is 0 Å². The molecule has 0 amide bonds. The van der Waals surface area contributed by atoms with Crippen LogP contribution in [0.4, 0.5) is 0 Å². The molecule has 0 aliphatic rings. The Bertz CT molecular complexity index is 135. The van der Waals surface area contributed by atoms with E-state index in [9.17, 15) is 9.59 Å². The fraction of sp³-hybridized carbons (Fsp3) is 0. The topological polar surface area (TPSA) is 74.6 Å². The molecule has 58 valence electrons. The molecule has 0 spiro atoms. The number of aliphatic carboxylic acids is 2. The molecule has 0 saturated heterocycles. The Balaban J connectivity index is -0.000000107. The first kappa shape index (κ1) is 16.7. The van der Waals surface area contributed by atoms with Crippen LogP contribution < -0.4 is 0 Å². The van der Waals surface area contributed by atoms with Gasteiger partial charge < -0.3 is 10.2 Å². The van der Waals surface area contributed by atoms with Gasteiger partial charge in [-0.25, -0.2) is 9.59 Å². The van der Waals surface area contributed by atoms with Crippen LogP contribution in [0, 0.1) is 0 Å². The van der Waals surface area contributed by atoms with E-state index in [-0.39, 0.29) is 27.3 Å². The molecule has 0 fully saturated rings. The molecule has 0 bridgehead atoms. The van der Waals surface area contributed by atoms with Gasteiger partial charge in [-0.1, -0.05) is 13.2 Å². The van der Waals surface area contributed by atoms with Gasteiger partial charge in [0.1, 0.15) is 0 Å². The van der Waals surface area contributed by atoms with Crippen molar-refractivity contribution in [1.29, 1.82) is 0 Å². The van der Waals surface area contributed by atoms with Gasteiger partial charge in [0.2, 0.25) is 0 Å². The second-order valence-electron chi connectivity index (χ2n) is 1.08. The SMILES string of the molecule is C=CC(=O)O.C=CC(=O)O.[Cd]. The zero-order chi connectivity index (χ0) is 8.57. The van der Waals surface area contributed by atoms with E-state index >= 15 is 0 Å². The summed E-state index contributed by atoms with van der Waals surface area (Å²) >= 11 is 0. The van der Waals surface area contributed by atoms with Crippen molar-refractivity contribution in [2.24, 2.45) is 0 Å². The molecule has 0 radical (unpaired) electrons. The normalized spacial score (nSPS) is 5.82. The minimum atomic E-state index is -0.981. The maximum atomic E-state index is 9.25. The summed E-state index contributed by atoms with van der Waals surface area (Å²) in [5.74, 6) is -1.96. The maximum absolute atomic E-state index is 9.25. The van der Waals surface area contributed by atoms with Crippen molar-refractivity contribution in [2.45, 2.75) is 0 Å². The zero-order valence-corrected chi connectivity index (χ0v) is 10.0. The number of carbonyl (C=O) groups is 2. The number of carboxylic acids is 2. The molecule has 0 unspecified atom stereocenters. The van der Waals surface area contributed by atoms with E-state index in [4.69, 9.17) is 10.2 Å². The first-order chi connectivity index (χ1) is 4.54. The summed E-state index contributed by atoms with van der Waals surface area (Å²) in [6, 6.07) is 0. The molecule has 0 atom stereocenters. The maximum Gasteiger partial charge on any atom is 0.327 e. The quantitative estimate of drug-likeness (QED) is 0.558. The molecule has 0 saturated carbocycles. The van der Waals surface area contributed by atoms with Crippen molar-refractivity contribution < 1.29 is 47.1 Å². The first-order valence-electron chi connectivity index (χ1n) is 2.25. The van der Waals surface area contributed by atoms with Crippen LogP contribution in [0.5, 0.6) is 0 Å². The van der Waals surface area contributed by atoms with Crippen molar-refractivity contribution in [3.8, 4) is 0 Å². The van der Waals surface area contributed by atoms with Gasteiger partial charge in [0.15, 0.2) is 0 Å². The van der Waals surface area contributed by atoms with E-state index in [0.29, 0.717) is 0 Å². The van der Waals surface area contributed by atoms with E-state index in [0.717, 1.165) is 12.2 Å². The average Bonchev–Trinajstić information content (AvgIpc) is 1.89. The van der Waals surface area contributed by atoms with Crippen LogP contribution in [-0.2, 0) is 36.9 Å². The third-order valence-corrected chi connectivity index (χ3v) is 0.349. The molecule has 0 aromatic heterocycles. The van der Waals surface area contributed by atoms with Gasteiger partial charge in [-0.15, -0.1) is 0 Å². The Morgan fingerprint density at radius 3 is 1.09 bits per heavy atom. The van der Waals surface area contributed by atoms with Crippen molar-refractivity contribution in [3.05, 3.63) is 25.3 Å². The molecule has 2 N–H and O–H groups in total. The van der Waals surface area contributed by atoms with Crippen LogP contribution in [0.2, 0.25) is 0 Å². The van der Waals surface area contributed by atoms with Crippen LogP contribution in [-0.4, -0.2) is 22.2 Å². The molecule has 4 nitrogen and oxygen atoms in total. The third-order valence-electron chi connectivity index (χ3n) is 0.349. The fourth-order valence-corrected chi connectivity index (χ4v) is 0. The van der Waals surface area contributed by atoms with E-state index in [1.54, 1.807) is 0 Å². The summed E-state index contributed by atoms with van der Waals surface area (Å²) in [6.45, 7) is 5.92. The van der Waals surface area contributed by atoms with Crippen molar-refractivity contribution in [1.82, 2.24) is 0 Å². The molecule has 0 rings (SSSR count). The summed E-state index contributed by atoms with van der Waals surface area (Å²) in [4.78, 5) is 18.5. The molecule has 0 aromatic rings. The zero-order valence-electron chi connectivity index (χ0n) is 5.99. The van der Waals surface area contributed by atoms with Crippen molar-refractivity contribution in [2.75, 3.05) is 0 Å². The van der Waals surface area contributed by atoms with Crippen LogP contribution >= 0.6 is 0 Å². The molecule has 0 aliphatic carbocycles. The number of carboxylic acid groups (broad SMARTS) is 2. The fourth-order valence-electron chi connectivity index (χ4n) is 0. The summed E-state index contributed by atoms with van der Waals surface area (Å²) in [7, 11) is 0. The number of hydrogen-bond acceptors (Lipinski definition) is 2. The summed E-state index contributed by atoms with van der Waals surface area (Å²) < 4.78 is 0. The Morgan fingerprint density at radius 1 is 1.00 bits per heavy atom. The monoisotopic (exact) mass is 258 g/mol. The smallest absolute Gasteiger partial charge is 0.327 e. The molecule has 5 heteroatoms. The second kappa shape index (κ2) is 12.1. The minimum absolute atomic E-state index is 0. The van der Waals surface area contributed by atoms with E-state index in [2.05, 4.69) is 13.2 Å². The van der Waals surface area contributed by atoms with Gasteiger partial charge >= 0.3 is 11.9 Å². The Morgan fingerprint density at radius 2 is 1.09 bits per heavy atom. The van der Waals surface area contributed by atoms with E-state index < -0.39 is 11.9 Å². The molecule has 11 heavy (non-hydrogen) atoms. The van der Waals surface area contributed by atoms with Gasteiger partial charge in [-0.05, 0) is 0 Å². The molecular formula is C6H8CdO4. The van der Waals surface area contributed by atoms with Crippen molar-refractivity contribution >= 4 is 11.9 Å². The van der Waals surface area contributed by atoms with E-state index in [1.165, 1.54) is 0 Å². The number of rotatable bonds is 2. The van der Waals surface area contributed by atoms with Gasteiger partial charge in [-0.3, -0.25) is 0 Å². The van der Waals surface area contributed by atoms with Gasteiger partial charge in [0, 0.05) is 39.5 Å².